The smallest absolute Gasteiger partial charge is 0.0629 e. The van der Waals surface area contributed by atoms with Gasteiger partial charge in [-0.25, -0.2) is 0 Å². The van der Waals surface area contributed by atoms with E-state index < -0.39 is 0 Å². The largest absolute Gasteiger partial charge is 0.333 e. The SMILES string of the molecule is Brc1ccc(N(c2ccc3c(c2)N(c2ccccc2)C2C=CC=CC32)c2cc3ccccc3c3ccccc23)cc1. The summed E-state index contributed by atoms with van der Waals surface area (Å²) in [7, 11) is 0. The molecule has 3 heteroatoms. The van der Waals surface area contributed by atoms with E-state index in [4.69, 9.17) is 0 Å². The Balaban J connectivity index is 1.38. The van der Waals surface area contributed by atoms with Crippen LogP contribution in [0.25, 0.3) is 21.5 Å². The number of halogens is 1. The van der Waals surface area contributed by atoms with Crippen molar-refractivity contribution >= 4 is 65.9 Å². The van der Waals surface area contributed by atoms with Gasteiger partial charge in [0.15, 0.2) is 0 Å². The molecule has 8 rings (SSSR count). The summed E-state index contributed by atoms with van der Waals surface area (Å²) < 4.78 is 1.07. The molecule has 0 N–H and O–H groups in total. The molecule has 0 saturated heterocycles. The Hall–Kier alpha value is -4.60. The van der Waals surface area contributed by atoms with Gasteiger partial charge in [0, 0.05) is 38.5 Å². The molecule has 1 aliphatic carbocycles. The van der Waals surface area contributed by atoms with E-state index in [1.54, 1.807) is 0 Å². The first-order valence-corrected chi connectivity index (χ1v) is 14.8. The van der Waals surface area contributed by atoms with Crippen molar-refractivity contribution in [1.82, 2.24) is 0 Å². The Morgan fingerprint density at radius 3 is 2.10 bits per heavy atom. The molecule has 2 nitrogen and oxygen atoms in total. The number of allylic oxidation sites excluding steroid dienone is 2. The van der Waals surface area contributed by atoms with Gasteiger partial charge in [-0.05, 0) is 76.3 Å². The minimum absolute atomic E-state index is 0.260. The standard InChI is InChI=1S/C38H27BrN2/c39-27-18-20-29(21-19-27)40(37-24-26-10-4-5-13-31(26)32-14-6-7-15-33(32)37)30-22-23-35-34-16-8-9-17-36(34)41(38(35)25-30)28-11-2-1-3-12-28/h1-25,34,36H. The molecule has 2 unspecified atom stereocenters. The van der Waals surface area contributed by atoms with Crippen molar-refractivity contribution in [3.8, 4) is 0 Å². The molecule has 0 saturated carbocycles. The third-order valence-electron chi connectivity index (χ3n) is 8.40. The Bertz CT molecular complexity index is 1970. The molecule has 0 spiro atoms. The summed E-state index contributed by atoms with van der Waals surface area (Å²) in [5.41, 5.74) is 7.26. The van der Waals surface area contributed by atoms with Crippen LogP contribution in [-0.2, 0) is 0 Å². The summed E-state index contributed by atoms with van der Waals surface area (Å²) in [4.78, 5) is 4.92. The zero-order valence-corrected chi connectivity index (χ0v) is 23.9. The minimum atomic E-state index is 0.260. The molecule has 41 heavy (non-hydrogen) atoms. The average Bonchev–Trinajstić information content (AvgIpc) is 3.36. The van der Waals surface area contributed by atoms with Gasteiger partial charge in [0.1, 0.15) is 0 Å². The fourth-order valence-corrected chi connectivity index (χ4v) is 6.85. The van der Waals surface area contributed by atoms with Gasteiger partial charge in [-0.3, -0.25) is 0 Å². The summed E-state index contributed by atoms with van der Waals surface area (Å²) in [6.45, 7) is 0. The zero-order chi connectivity index (χ0) is 27.3. The number of nitrogens with zero attached hydrogens (tertiary/aromatic N) is 2. The van der Waals surface area contributed by atoms with Crippen molar-refractivity contribution in [3.05, 3.63) is 162 Å². The van der Waals surface area contributed by atoms with Crippen LogP contribution in [0.4, 0.5) is 28.4 Å². The number of para-hydroxylation sites is 1. The van der Waals surface area contributed by atoms with Gasteiger partial charge in [-0.15, -0.1) is 0 Å². The van der Waals surface area contributed by atoms with Crippen LogP contribution in [0, 0.1) is 0 Å². The lowest BCUT2D eigenvalue weighted by Crippen LogP contribution is -2.28. The second-order valence-corrected chi connectivity index (χ2v) is 11.6. The van der Waals surface area contributed by atoms with Crippen molar-refractivity contribution in [3.63, 3.8) is 0 Å². The number of rotatable bonds is 4. The molecule has 1 heterocycles. The molecule has 1 aliphatic heterocycles. The van der Waals surface area contributed by atoms with Crippen molar-refractivity contribution in [2.75, 3.05) is 9.80 Å². The van der Waals surface area contributed by atoms with Crippen LogP contribution in [0.1, 0.15) is 11.5 Å². The first-order valence-electron chi connectivity index (χ1n) is 14.1. The van der Waals surface area contributed by atoms with E-state index in [9.17, 15) is 0 Å². The highest BCUT2D eigenvalue weighted by molar-refractivity contribution is 9.10. The van der Waals surface area contributed by atoms with E-state index in [0.717, 1.165) is 15.8 Å². The Morgan fingerprint density at radius 2 is 1.27 bits per heavy atom. The Labute approximate surface area is 248 Å². The van der Waals surface area contributed by atoms with Gasteiger partial charge in [0.25, 0.3) is 0 Å². The van der Waals surface area contributed by atoms with E-state index in [-0.39, 0.29) is 6.04 Å². The highest BCUT2D eigenvalue weighted by atomic mass is 79.9. The number of hydrogen-bond donors (Lipinski definition) is 0. The van der Waals surface area contributed by atoms with E-state index >= 15 is 0 Å². The number of anilines is 5. The average molecular weight is 592 g/mol. The molecule has 196 valence electrons. The molecular weight excluding hydrogens is 564 g/mol. The van der Waals surface area contributed by atoms with Gasteiger partial charge in [-0.2, -0.15) is 0 Å². The molecule has 0 radical (unpaired) electrons. The third-order valence-corrected chi connectivity index (χ3v) is 8.93. The molecule has 0 amide bonds. The molecule has 2 aliphatic rings. The summed E-state index contributed by atoms with van der Waals surface area (Å²) >= 11 is 3.65. The van der Waals surface area contributed by atoms with Crippen LogP contribution < -0.4 is 9.80 Å². The fraction of sp³-hybridized carbons (Fsp3) is 0.0526. The van der Waals surface area contributed by atoms with Crippen molar-refractivity contribution in [2.24, 2.45) is 0 Å². The van der Waals surface area contributed by atoms with Gasteiger partial charge >= 0.3 is 0 Å². The summed E-state index contributed by atoms with van der Waals surface area (Å²) in [6.07, 6.45) is 9.04. The Morgan fingerprint density at radius 1 is 0.585 bits per heavy atom. The molecule has 6 aromatic rings. The molecule has 2 atom stereocenters. The first-order chi connectivity index (χ1) is 20.3. The molecule has 0 bridgehead atoms. The fourth-order valence-electron chi connectivity index (χ4n) is 6.59. The van der Waals surface area contributed by atoms with Crippen molar-refractivity contribution < 1.29 is 0 Å². The van der Waals surface area contributed by atoms with Crippen molar-refractivity contribution in [1.29, 1.82) is 0 Å². The highest BCUT2D eigenvalue weighted by Gasteiger charge is 2.37. The number of hydrogen-bond acceptors (Lipinski definition) is 2. The second-order valence-electron chi connectivity index (χ2n) is 10.7. The van der Waals surface area contributed by atoms with Gasteiger partial charge in [0.05, 0.1) is 11.7 Å². The normalized spacial score (nSPS) is 17.1. The molecular formula is C38H27BrN2. The topological polar surface area (TPSA) is 6.48 Å². The van der Waals surface area contributed by atoms with Crippen LogP contribution in [-0.4, -0.2) is 6.04 Å². The maximum Gasteiger partial charge on any atom is 0.0629 e. The monoisotopic (exact) mass is 590 g/mol. The third kappa shape index (κ3) is 4.00. The van der Waals surface area contributed by atoms with Gasteiger partial charge in [0.2, 0.25) is 0 Å². The van der Waals surface area contributed by atoms with Crippen LogP contribution in [0.15, 0.2) is 156 Å². The molecule has 0 fully saturated rings. The Kier molecular flexibility index (Phi) is 5.79. The second kappa shape index (κ2) is 9.79. The highest BCUT2D eigenvalue weighted by Crippen LogP contribution is 2.50. The lowest BCUT2D eigenvalue weighted by Gasteiger charge is -2.30. The van der Waals surface area contributed by atoms with Crippen molar-refractivity contribution in [2.45, 2.75) is 12.0 Å². The first kappa shape index (κ1) is 24.2. The summed E-state index contributed by atoms with van der Waals surface area (Å²) in [6, 6.07) is 46.5. The van der Waals surface area contributed by atoms with Crippen LogP contribution in [0.5, 0.6) is 0 Å². The number of benzene rings is 6. The van der Waals surface area contributed by atoms with E-state index in [1.165, 1.54) is 44.2 Å². The summed E-state index contributed by atoms with van der Waals surface area (Å²) in [5.74, 6) is 0.326. The predicted octanol–water partition coefficient (Wildman–Crippen LogP) is 11.0. The maximum absolute atomic E-state index is 3.65. The van der Waals surface area contributed by atoms with Gasteiger partial charge in [-0.1, -0.05) is 113 Å². The lowest BCUT2D eigenvalue weighted by molar-refractivity contribution is 0.745. The molecule has 0 aromatic heterocycles. The van der Waals surface area contributed by atoms with Crippen LogP contribution >= 0.6 is 15.9 Å². The number of fused-ring (bicyclic) bond motifs is 6. The van der Waals surface area contributed by atoms with E-state index in [1.807, 2.05) is 0 Å². The van der Waals surface area contributed by atoms with Gasteiger partial charge < -0.3 is 9.80 Å². The van der Waals surface area contributed by atoms with Crippen LogP contribution in [0.3, 0.4) is 0 Å². The summed E-state index contributed by atoms with van der Waals surface area (Å²) in [5, 5.41) is 5.00. The quantitative estimate of drug-likeness (QED) is 0.188. The van der Waals surface area contributed by atoms with E-state index in [2.05, 4.69) is 177 Å². The van der Waals surface area contributed by atoms with E-state index in [0.29, 0.717) is 5.92 Å². The van der Waals surface area contributed by atoms with Crippen LogP contribution in [0.2, 0.25) is 0 Å². The maximum atomic E-state index is 3.65. The lowest BCUT2D eigenvalue weighted by atomic mass is 9.91. The zero-order valence-electron chi connectivity index (χ0n) is 22.4. The predicted molar refractivity (Wildman–Crippen MR) is 177 cm³/mol. The minimum Gasteiger partial charge on any atom is -0.333 e. The molecule has 6 aromatic carbocycles.